The van der Waals surface area contributed by atoms with E-state index >= 15 is 0 Å². The van der Waals surface area contributed by atoms with Crippen LogP contribution >= 0.6 is 0 Å². The van der Waals surface area contributed by atoms with Crippen LogP contribution in [0, 0.1) is 11.3 Å². The average Bonchev–Trinajstić information content (AvgIpc) is 2.93. The predicted octanol–water partition coefficient (Wildman–Crippen LogP) is 2.20. The number of carbonyl (C=O) groups is 1. The van der Waals surface area contributed by atoms with Crippen molar-refractivity contribution in [2.24, 2.45) is 0 Å². The monoisotopic (exact) mass is 352 g/mol. The zero-order chi connectivity index (χ0) is 18.4. The minimum absolute atomic E-state index is 0.0544. The van der Waals surface area contributed by atoms with Crippen LogP contribution < -0.4 is 0 Å². The molecule has 1 amide bonds. The molecule has 0 bridgehead atoms. The van der Waals surface area contributed by atoms with Crippen LogP contribution in [0.15, 0.2) is 30.3 Å². The second-order valence-electron chi connectivity index (χ2n) is 7.31. The molecule has 0 spiro atoms. The maximum absolute atomic E-state index is 12.7. The number of piperazine rings is 1. The maximum atomic E-state index is 12.7. The first-order valence-electron chi connectivity index (χ1n) is 9.56. The largest absolute Gasteiger partial charge is 0.338 e. The molecule has 2 fully saturated rings. The summed E-state index contributed by atoms with van der Waals surface area (Å²) in [5.41, 5.74) is 1.40. The smallest absolute Gasteiger partial charge is 0.246 e. The molecule has 5 nitrogen and oxygen atoms in total. The van der Waals surface area contributed by atoms with Gasteiger partial charge in [-0.25, -0.2) is 0 Å². The first-order chi connectivity index (χ1) is 12.7. The number of hydrogen-bond donors (Lipinski definition) is 0. The fourth-order valence-electron chi connectivity index (χ4n) is 3.82. The summed E-state index contributed by atoms with van der Waals surface area (Å²) in [6.07, 6.45) is 6.83. The Hall–Kier alpha value is -2.16. The Balaban J connectivity index is 1.64. The molecule has 138 valence electrons. The lowest BCUT2D eigenvalue weighted by atomic mass is 10.1. The van der Waals surface area contributed by atoms with E-state index in [-0.39, 0.29) is 5.91 Å². The number of nitriles is 1. The van der Waals surface area contributed by atoms with E-state index in [4.69, 9.17) is 0 Å². The lowest BCUT2D eigenvalue weighted by molar-refractivity contribution is -0.126. The fraction of sp³-hybridized carbons (Fsp3) is 0.524. The van der Waals surface area contributed by atoms with E-state index in [9.17, 15) is 10.1 Å². The van der Waals surface area contributed by atoms with Gasteiger partial charge in [0.15, 0.2) is 0 Å². The van der Waals surface area contributed by atoms with Crippen LogP contribution in [0.3, 0.4) is 0 Å². The van der Waals surface area contributed by atoms with Gasteiger partial charge in [0.2, 0.25) is 5.91 Å². The van der Waals surface area contributed by atoms with Crippen LogP contribution in [0.25, 0.3) is 6.08 Å². The highest BCUT2D eigenvalue weighted by Crippen LogP contribution is 2.18. The second kappa shape index (κ2) is 8.98. The summed E-state index contributed by atoms with van der Waals surface area (Å²) >= 11 is 0. The van der Waals surface area contributed by atoms with E-state index < -0.39 is 0 Å². The Morgan fingerprint density at radius 3 is 2.69 bits per heavy atom. The molecule has 0 aliphatic carbocycles. The average molecular weight is 352 g/mol. The number of likely N-dealkylation sites (N-methyl/N-ethyl adjacent to an activating group) is 1. The molecule has 1 atom stereocenters. The summed E-state index contributed by atoms with van der Waals surface area (Å²) in [4.78, 5) is 19.6. The third kappa shape index (κ3) is 4.72. The molecule has 1 unspecified atom stereocenters. The van der Waals surface area contributed by atoms with Crippen molar-refractivity contribution in [3.63, 3.8) is 0 Å². The molecule has 0 radical (unpaired) electrons. The Labute approximate surface area is 156 Å². The van der Waals surface area contributed by atoms with Crippen molar-refractivity contribution in [1.82, 2.24) is 14.7 Å². The lowest BCUT2D eigenvalue weighted by Gasteiger charge is -2.39. The van der Waals surface area contributed by atoms with Crippen LogP contribution in [0.1, 0.15) is 30.4 Å². The van der Waals surface area contributed by atoms with Crippen LogP contribution in [0.4, 0.5) is 0 Å². The van der Waals surface area contributed by atoms with Crippen molar-refractivity contribution >= 4 is 12.0 Å². The summed E-state index contributed by atoms with van der Waals surface area (Å²) in [6.45, 7) is 6.04. The highest BCUT2D eigenvalue weighted by molar-refractivity contribution is 5.92. The van der Waals surface area contributed by atoms with Crippen LogP contribution in [-0.4, -0.2) is 73.0 Å². The molecule has 3 rings (SSSR count). The molecule has 2 saturated heterocycles. The molecule has 1 aromatic rings. The zero-order valence-electron chi connectivity index (χ0n) is 15.6. The molecule has 1 aromatic carbocycles. The molecular weight excluding hydrogens is 324 g/mol. The number of hydrogen-bond acceptors (Lipinski definition) is 4. The molecule has 26 heavy (non-hydrogen) atoms. The Morgan fingerprint density at radius 2 is 1.92 bits per heavy atom. The summed E-state index contributed by atoms with van der Waals surface area (Å²) in [7, 11) is 2.17. The molecule has 0 aromatic heterocycles. The number of carbonyl (C=O) groups excluding carboxylic acids is 1. The molecule has 5 heteroatoms. The first-order valence-corrected chi connectivity index (χ1v) is 9.56. The summed E-state index contributed by atoms with van der Waals surface area (Å²) in [5, 5.41) is 9.18. The van der Waals surface area contributed by atoms with Crippen molar-refractivity contribution < 1.29 is 4.79 Å². The van der Waals surface area contributed by atoms with E-state index in [2.05, 4.69) is 22.9 Å². The summed E-state index contributed by atoms with van der Waals surface area (Å²) in [6, 6.07) is 10.0. The molecular formula is C21H28N4O. The van der Waals surface area contributed by atoms with Gasteiger partial charge in [-0.3, -0.25) is 9.69 Å². The quantitative estimate of drug-likeness (QED) is 0.783. The SMILES string of the molecule is CN1CCN(C2CCCCN(C(=O)/C=C/c3ccccc3C#N)C2)CC1. The van der Waals surface area contributed by atoms with Crippen LogP contribution in [0.2, 0.25) is 0 Å². The van der Waals surface area contributed by atoms with Gasteiger partial charge in [0, 0.05) is 51.4 Å². The highest BCUT2D eigenvalue weighted by atomic mass is 16.2. The normalized spacial score (nSPS) is 22.9. The minimum atomic E-state index is 0.0544. The van der Waals surface area contributed by atoms with Gasteiger partial charge in [0.1, 0.15) is 0 Å². The molecule has 0 N–H and O–H groups in total. The van der Waals surface area contributed by atoms with Gasteiger partial charge < -0.3 is 9.80 Å². The second-order valence-corrected chi connectivity index (χ2v) is 7.31. The van der Waals surface area contributed by atoms with E-state index in [1.165, 1.54) is 12.8 Å². The van der Waals surface area contributed by atoms with E-state index in [1.807, 2.05) is 23.1 Å². The summed E-state index contributed by atoms with van der Waals surface area (Å²) < 4.78 is 0. The third-order valence-electron chi connectivity index (χ3n) is 5.50. The molecule has 2 aliphatic heterocycles. The first kappa shape index (κ1) is 18.6. The number of nitrogens with zero attached hydrogens (tertiary/aromatic N) is 4. The number of benzene rings is 1. The van der Waals surface area contributed by atoms with Gasteiger partial charge in [-0.2, -0.15) is 5.26 Å². The molecule has 2 aliphatic rings. The van der Waals surface area contributed by atoms with E-state index in [0.717, 1.165) is 51.3 Å². The van der Waals surface area contributed by atoms with Crippen LogP contribution in [-0.2, 0) is 4.79 Å². The number of likely N-dealkylation sites (tertiary alicyclic amines) is 1. The summed E-state index contributed by atoms with van der Waals surface area (Å²) in [5.74, 6) is 0.0544. The lowest BCUT2D eigenvalue weighted by Crippen LogP contribution is -2.52. The van der Waals surface area contributed by atoms with Crippen molar-refractivity contribution in [1.29, 1.82) is 5.26 Å². The van der Waals surface area contributed by atoms with Gasteiger partial charge in [-0.05, 0) is 37.6 Å². The Bertz CT molecular complexity index is 685. The van der Waals surface area contributed by atoms with Gasteiger partial charge >= 0.3 is 0 Å². The number of amides is 1. The van der Waals surface area contributed by atoms with Crippen molar-refractivity contribution in [3.8, 4) is 6.07 Å². The van der Waals surface area contributed by atoms with Crippen LogP contribution in [0.5, 0.6) is 0 Å². The topological polar surface area (TPSA) is 50.6 Å². The fourth-order valence-corrected chi connectivity index (χ4v) is 3.82. The van der Waals surface area contributed by atoms with Crippen molar-refractivity contribution in [2.45, 2.75) is 25.3 Å². The van der Waals surface area contributed by atoms with E-state index in [0.29, 0.717) is 11.6 Å². The molecule has 0 saturated carbocycles. The molecule has 2 heterocycles. The van der Waals surface area contributed by atoms with Gasteiger partial charge in [-0.1, -0.05) is 24.6 Å². The number of rotatable bonds is 3. The Morgan fingerprint density at radius 1 is 1.15 bits per heavy atom. The third-order valence-corrected chi connectivity index (χ3v) is 5.50. The van der Waals surface area contributed by atoms with E-state index in [1.54, 1.807) is 18.2 Å². The maximum Gasteiger partial charge on any atom is 0.246 e. The van der Waals surface area contributed by atoms with Crippen molar-refractivity contribution in [2.75, 3.05) is 46.3 Å². The predicted molar refractivity (Wildman–Crippen MR) is 103 cm³/mol. The highest BCUT2D eigenvalue weighted by Gasteiger charge is 2.27. The van der Waals surface area contributed by atoms with Crippen molar-refractivity contribution in [3.05, 3.63) is 41.5 Å². The standard InChI is InChI=1S/C21H28N4O/c1-23-12-14-24(15-13-23)20-8-4-5-11-25(17-20)21(26)10-9-18-6-2-3-7-19(18)16-22/h2-3,6-7,9-10,20H,4-5,8,11-15,17H2,1H3/b10-9+. The zero-order valence-corrected chi connectivity index (χ0v) is 15.6. The Kier molecular flexibility index (Phi) is 6.43. The van der Waals surface area contributed by atoms with Gasteiger partial charge in [0.25, 0.3) is 0 Å². The van der Waals surface area contributed by atoms with Gasteiger partial charge in [-0.15, -0.1) is 0 Å². The minimum Gasteiger partial charge on any atom is -0.338 e. The van der Waals surface area contributed by atoms with Gasteiger partial charge in [0.05, 0.1) is 11.6 Å².